The van der Waals surface area contributed by atoms with E-state index in [-0.39, 0.29) is 52.9 Å². The molecule has 1 aliphatic rings. The van der Waals surface area contributed by atoms with Gasteiger partial charge in [0.05, 0.1) is 19.3 Å². The van der Waals surface area contributed by atoms with E-state index in [9.17, 15) is 27.1 Å². The van der Waals surface area contributed by atoms with E-state index in [0.717, 1.165) is 6.07 Å². The molecule has 1 aliphatic carbocycles. The first-order valence-corrected chi connectivity index (χ1v) is 13.1. The molecule has 8 heteroatoms. The molecule has 0 aromatic heterocycles. The van der Waals surface area contributed by atoms with Gasteiger partial charge in [0, 0.05) is 28.3 Å². The number of hydrogen-bond donors (Lipinski definition) is 1. The SMILES string of the molecule is CCCC(O)c1ccc(C2=CCC(COc3ccc(-c4ccc(OCC)c(F)c4F)c(F)c3)CC2)c(F)c1F. The zero-order valence-electron chi connectivity index (χ0n) is 21.9. The number of aliphatic hydroxyl groups excluding tert-OH is 1. The molecule has 0 aliphatic heterocycles. The number of ether oxygens (including phenoxy) is 2. The van der Waals surface area contributed by atoms with Gasteiger partial charge in [0.2, 0.25) is 5.82 Å². The average Bonchev–Trinajstić information content (AvgIpc) is 2.93. The molecule has 0 radical (unpaired) electrons. The van der Waals surface area contributed by atoms with Crippen LogP contribution in [0, 0.1) is 35.0 Å². The third-order valence-corrected chi connectivity index (χ3v) is 6.96. The molecule has 2 atom stereocenters. The first-order chi connectivity index (χ1) is 18.7. The number of hydrogen-bond acceptors (Lipinski definition) is 3. The van der Waals surface area contributed by atoms with E-state index in [2.05, 4.69) is 0 Å². The zero-order chi connectivity index (χ0) is 28.1. The Morgan fingerprint density at radius 1 is 0.846 bits per heavy atom. The molecule has 0 fully saturated rings. The molecule has 3 aromatic carbocycles. The van der Waals surface area contributed by atoms with Gasteiger partial charge in [-0.15, -0.1) is 0 Å². The second kappa shape index (κ2) is 12.6. The maximum Gasteiger partial charge on any atom is 0.201 e. The third-order valence-electron chi connectivity index (χ3n) is 6.96. The van der Waals surface area contributed by atoms with Crippen LogP contribution in [0.15, 0.2) is 48.5 Å². The van der Waals surface area contributed by atoms with Crippen molar-refractivity contribution in [3.8, 4) is 22.6 Å². The molecule has 0 amide bonds. The van der Waals surface area contributed by atoms with E-state index in [0.29, 0.717) is 37.7 Å². The second-order valence-electron chi connectivity index (χ2n) is 9.63. The summed E-state index contributed by atoms with van der Waals surface area (Å²) in [7, 11) is 0. The Kier molecular flexibility index (Phi) is 9.28. The summed E-state index contributed by atoms with van der Waals surface area (Å²) in [5.74, 6) is -5.01. The number of aliphatic hydroxyl groups is 1. The minimum Gasteiger partial charge on any atom is -0.493 e. The molecule has 39 heavy (non-hydrogen) atoms. The fourth-order valence-electron chi connectivity index (χ4n) is 4.81. The molecule has 0 bridgehead atoms. The number of allylic oxidation sites excluding steroid dienone is 2. The van der Waals surface area contributed by atoms with Crippen LogP contribution >= 0.6 is 0 Å². The summed E-state index contributed by atoms with van der Waals surface area (Å²) >= 11 is 0. The van der Waals surface area contributed by atoms with Crippen molar-refractivity contribution in [2.75, 3.05) is 13.2 Å². The summed E-state index contributed by atoms with van der Waals surface area (Å²) in [5, 5.41) is 10.1. The minimum absolute atomic E-state index is 0.0329. The van der Waals surface area contributed by atoms with E-state index >= 15 is 0 Å². The van der Waals surface area contributed by atoms with Crippen molar-refractivity contribution in [2.45, 2.75) is 52.1 Å². The highest BCUT2D eigenvalue weighted by atomic mass is 19.2. The van der Waals surface area contributed by atoms with Crippen LogP contribution in [0.1, 0.15) is 63.2 Å². The van der Waals surface area contributed by atoms with Gasteiger partial charge in [0.25, 0.3) is 0 Å². The quantitative estimate of drug-likeness (QED) is 0.259. The highest BCUT2D eigenvalue weighted by Crippen LogP contribution is 2.36. The van der Waals surface area contributed by atoms with Crippen LogP contribution in [0.2, 0.25) is 0 Å². The van der Waals surface area contributed by atoms with Crippen molar-refractivity contribution in [2.24, 2.45) is 5.92 Å². The summed E-state index contributed by atoms with van der Waals surface area (Å²) in [6.45, 7) is 3.94. The van der Waals surface area contributed by atoms with E-state index in [4.69, 9.17) is 9.47 Å². The first-order valence-electron chi connectivity index (χ1n) is 13.1. The average molecular weight is 547 g/mol. The number of halogens is 5. The van der Waals surface area contributed by atoms with Gasteiger partial charge < -0.3 is 14.6 Å². The molecular formula is C31H31F5O3. The molecular weight excluding hydrogens is 515 g/mol. The molecule has 0 saturated carbocycles. The van der Waals surface area contributed by atoms with Gasteiger partial charge in [0.15, 0.2) is 23.2 Å². The zero-order valence-corrected chi connectivity index (χ0v) is 21.9. The van der Waals surface area contributed by atoms with Gasteiger partial charge in [-0.1, -0.05) is 31.6 Å². The van der Waals surface area contributed by atoms with Gasteiger partial charge in [-0.2, -0.15) is 4.39 Å². The summed E-state index contributed by atoms with van der Waals surface area (Å²) in [6, 6.07) is 9.43. The first kappa shape index (κ1) is 28.6. The fourth-order valence-corrected chi connectivity index (χ4v) is 4.81. The van der Waals surface area contributed by atoms with E-state index in [1.807, 2.05) is 13.0 Å². The van der Waals surface area contributed by atoms with E-state index in [1.54, 1.807) is 6.92 Å². The fraction of sp³-hybridized carbons (Fsp3) is 0.355. The van der Waals surface area contributed by atoms with Crippen LogP contribution in [0.3, 0.4) is 0 Å². The van der Waals surface area contributed by atoms with Crippen molar-refractivity contribution in [3.63, 3.8) is 0 Å². The smallest absolute Gasteiger partial charge is 0.201 e. The molecule has 208 valence electrons. The molecule has 4 rings (SSSR count). The highest BCUT2D eigenvalue weighted by Gasteiger charge is 2.23. The molecule has 2 unspecified atom stereocenters. The van der Waals surface area contributed by atoms with Crippen molar-refractivity contribution < 1.29 is 36.5 Å². The van der Waals surface area contributed by atoms with Gasteiger partial charge in [-0.25, -0.2) is 17.6 Å². The summed E-state index contributed by atoms with van der Waals surface area (Å²) in [4.78, 5) is 0. The molecule has 1 N–H and O–H groups in total. The summed E-state index contributed by atoms with van der Waals surface area (Å²) < 4.78 is 83.7. The summed E-state index contributed by atoms with van der Waals surface area (Å²) in [5.41, 5.74) is 0.527. The Bertz CT molecular complexity index is 1350. The maximum atomic E-state index is 14.8. The standard InChI is InChI=1S/C31H31F5O3/c1-3-5-26(37)24-13-12-21(28(33)30(24)35)19-8-6-18(7-9-19)17-39-20-10-11-22(25(32)16-20)23-14-15-27(38-4-2)31(36)29(23)34/h8,10-16,18,26,37H,3-7,9,17H2,1-2H3. The second-order valence-corrected chi connectivity index (χ2v) is 9.63. The van der Waals surface area contributed by atoms with E-state index in [1.165, 1.54) is 36.4 Å². The predicted molar refractivity (Wildman–Crippen MR) is 140 cm³/mol. The Morgan fingerprint density at radius 2 is 1.56 bits per heavy atom. The lowest BCUT2D eigenvalue weighted by Gasteiger charge is -2.23. The topological polar surface area (TPSA) is 38.7 Å². The largest absolute Gasteiger partial charge is 0.493 e. The van der Waals surface area contributed by atoms with Gasteiger partial charge in [0.1, 0.15) is 11.6 Å². The molecule has 3 nitrogen and oxygen atoms in total. The van der Waals surface area contributed by atoms with Crippen LogP contribution in [-0.2, 0) is 0 Å². The van der Waals surface area contributed by atoms with Crippen molar-refractivity contribution in [1.29, 1.82) is 0 Å². The molecule has 0 heterocycles. The van der Waals surface area contributed by atoms with E-state index < -0.39 is 35.2 Å². The monoisotopic (exact) mass is 546 g/mol. The summed E-state index contributed by atoms with van der Waals surface area (Å²) in [6.07, 6.45) is 3.54. The molecule has 0 spiro atoms. The molecule has 0 saturated heterocycles. The number of rotatable bonds is 10. The van der Waals surface area contributed by atoms with Crippen LogP contribution in [0.5, 0.6) is 11.5 Å². The van der Waals surface area contributed by atoms with Crippen LogP contribution in [0.4, 0.5) is 22.0 Å². The minimum atomic E-state index is -1.19. The van der Waals surface area contributed by atoms with Crippen LogP contribution < -0.4 is 9.47 Å². The van der Waals surface area contributed by atoms with Gasteiger partial charge in [-0.3, -0.25) is 0 Å². The predicted octanol–water partition coefficient (Wildman–Crippen LogP) is 8.54. The van der Waals surface area contributed by atoms with Crippen LogP contribution in [-0.4, -0.2) is 18.3 Å². The lowest BCUT2D eigenvalue weighted by molar-refractivity contribution is 0.160. The third kappa shape index (κ3) is 6.27. The molecule has 3 aromatic rings. The Balaban J connectivity index is 1.39. The van der Waals surface area contributed by atoms with Gasteiger partial charge >= 0.3 is 0 Å². The Hall–Kier alpha value is -3.39. The highest BCUT2D eigenvalue weighted by molar-refractivity contribution is 5.68. The van der Waals surface area contributed by atoms with Crippen molar-refractivity contribution in [1.82, 2.24) is 0 Å². The number of benzene rings is 3. The van der Waals surface area contributed by atoms with Crippen molar-refractivity contribution in [3.05, 3.63) is 88.8 Å². The Labute approximate surface area is 224 Å². The normalized spacial score (nSPS) is 16.1. The lowest BCUT2D eigenvalue weighted by atomic mass is 9.86. The maximum absolute atomic E-state index is 14.8. The van der Waals surface area contributed by atoms with Gasteiger partial charge in [-0.05, 0) is 68.4 Å². The van der Waals surface area contributed by atoms with Crippen molar-refractivity contribution >= 4 is 5.57 Å². The lowest BCUT2D eigenvalue weighted by Crippen LogP contribution is -2.15. The Morgan fingerprint density at radius 3 is 2.23 bits per heavy atom. The van der Waals surface area contributed by atoms with Crippen LogP contribution in [0.25, 0.3) is 16.7 Å².